The Labute approximate surface area is 194 Å². The molecule has 2 N–H and O–H groups in total. The van der Waals surface area contributed by atoms with E-state index in [4.69, 9.17) is 0 Å². The first-order chi connectivity index (χ1) is 13.4. The minimum absolute atomic E-state index is 0. The number of thiazole rings is 1. The molecule has 0 bridgehead atoms. The Kier molecular flexibility index (Phi) is 11.4. The van der Waals surface area contributed by atoms with E-state index >= 15 is 0 Å². The third-order valence-corrected chi connectivity index (χ3v) is 5.74. The fourth-order valence-corrected chi connectivity index (χ4v) is 4.21. The minimum atomic E-state index is -4.42. The molecule has 2 heterocycles. The average molecular weight is 561 g/mol. The van der Waals surface area contributed by atoms with Gasteiger partial charge in [-0.1, -0.05) is 13.8 Å². The fourth-order valence-electron chi connectivity index (χ4n) is 2.78. The lowest BCUT2D eigenvalue weighted by Crippen LogP contribution is -2.43. The SMILES string of the molecule is CCNC(=NCc1nc(C(F)(F)F)cs1)NCC(c1ccsc1)N(CC)CC.I. The zero-order valence-corrected chi connectivity index (χ0v) is 20.6. The van der Waals surface area contributed by atoms with Crippen LogP contribution in [-0.4, -0.2) is 42.0 Å². The van der Waals surface area contributed by atoms with Crippen LogP contribution >= 0.6 is 46.7 Å². The highest BCUT2D eigenvalue weighted by molar-refractivity contribution is 14.0. The Morgan fingerprint density at radius 3 is 2.45 bits per heavy atom. The predicted octanol–water partition coefficient (Wildman–Crippen LogP) is 4.98. The summed E-state index contributed by atoms with van der Waals surface area (Å²) in [6, 6.07) is 2.31. The van der Waals surface area contributed by atoms with E-state index in [9.17, 15) is 13.2 Å². The third kappa shape index (κ3) is 8.02. The van der Waals surface area contributed by atoms with Crippen LogP contribution in [0.1, 0.15) is 43.1 Å². The number of nitrogens with one attached hydrogen (secondary N) is 2. The first-order valence-electron chi connectivity index (χ1n) is 9.18. The molecule has 0 saturated heterocycles. The van der Waals surface area contributed by atoms with Crippen LogP contribution < -0.4 is 10.6 Å². The summed E-state index contributed by atoms with van der Waals surface area (Å²) in [5.74, 6) is 0.568. The van der Waals surface area contributed by atoms with Crippen molar-refractivity contribution in [2.75, 3.05) is 26.2 Å². The molecule has 0 aromatic carbocycles. The Morgan fingerprint density at radius 1 is 1.21 bits per heavy atom. The van der Waals surface area contributed by atoms with Gasteiger partial charge >= 0.3 is 6.18 Å². The van der Waals surface area contributed by atoms with Gasteiger partial charge < -0.3 is 10.6 Å². The topological polar surface area (TPSA) is 52.6 Å². The van der Waals surface area contributed by atoms with Crippen molar-refractivity contribution in [2.24, 2.45) is 4.99 Å². The fraction of sp³-hybridized carbons (Fsp3) is 0.556. The summed E-state index contributed by atoms with van der Waals surface area (Å²) in [4.78, 5) is 10.4. The standard InChI is InChI=1S/C18H26F3N5S2.HI/c1-4-22-17(24-10-16-25-15(12-28-16)18(19,20)21)23-9-14(26(5-2)6-3)13-7-8-27-11-13;/h7-8,11-12,14H,4-6,9-10H2,1-3H3,(H2,22,23,24);1H. The Morgan fingerprint density at radius 2 is 1.93 bits per heavy atom. The van der Waals surface area contributed by atoms with Gasteiger partial charge in [-0.15, -0.1) is 35.3 Å². The average Bonchev–Trinajstić information content (AvgIpc) is 3.34. The lowest BCUT2D eigenvalue weighted by atomic mass is 10.1. The Hall–Kier alpha value is -0.920. The van der Waals surface area contributed by atoms with Gasteiger partial charge in [0.25, 0.3) is 0 Å². The quantitative estimate of drug-likeness (QED) is 0.258. The maximum absolute atomic E-state index is 12.7. The molecule has 2 rings (SSSR count). The van der Waals surface area contributed by atoms with Crippen molar-refractivity contribution in [1.29, 1.82) is 0 Å². The number of aromatic nitrogens is 1. The second-order valence-corrected chi connectivity index (χ2v) is 7.72. The number of alkyl halides is 3. The molecule has 0 aliphatic rings. The van der Waals surface area contributed by atoms with E-state index in [-0.39, 0.29) is 36.6 Å². The van der Waals surface area contributed by atoms with E-state index in [0.717, 1.165) is 29.8 Å². The van der Waals surface area contributed by atoms with Crippen LogP contribution in [0, 0.1) is 0 Å². The molecule has 1 unspecified atom stereocenters. The molecule has 0 fully saturated rings. The molecular formula is C18H27F3IN5S2. The first kappa shape index (κ1) is 26.1. The summed E-state index contributed by atoms with van der Waals surface area (Å²) >= 11 is 2.63. The van der Waals surface area contributed by atoms with Gasteiger partial charge in [0.05, 0.1) is 12.6 Å². The van der Waals surface area contributed by atoms with Crippen molar-refractivity contribution in [1.82, 2.24) is 20.5 Å². The highest BCUT2D eigenvalue weighted by Crippen LogP contribution is 2.30. The van der Waals surface area contributed by atoms with Gasteiger partial charge in [0, 0.05) is 18.5 Å². The summed E-state index contributed by atoms with van der Waals surface area (Å²) in [7, 11) is 0. The van der Waals surface area contributed by atoms with Crippen molar-refractivity contribution < 1.29 is 13.2 Å². The van der Waals surface area contributed by atoms with Gasteiger partial charge in [-0.25, -0.2) is 9.98 Å². The lowest BCUT2D eigenvalue weighted by Gasteiger charge is -2.30. The van der Waals surface area contributed by atoms with Gasteiger partial charge in [-0.3, -0.25) is 4.90 Å². The number of hydrogen-bond acceptors (Lipinski definition) is 5. The molecule has 11 heteroatoms. The van der Waals surface area contributed by atoms with E-state index in [1.165, 1.54) is 5.56 Å². The Balaban J connectivity index is 0.00000420. The highest BCUT2D eigenvalue weighted by atomic mass is 127. The monoisotopic (exact) mass is 561 g/mol. The molecule has 0 aliphatic carbocycles. The summed E-state index contributed by atoms with van der Waals surface area (Å²) < 4.78 is 38.1. The maximum atomic E-state index is 12.7. The number of hydrogen-bond donors (Lipinski definition) is 2. The van der Waals surface area contributed by atoms with E-state index in [1.807, 2.05) is 6.92 Å². The molecule has 1 atom stereocenters. The first-order valence-corrected chi connectivity index (χ1v) is 11.0. The summed E-state index contributed by atoms with van der Waals surface area (Å²) in [6.45, 7) is 9.46. The molecule has 0 saturated carbocycles. The van der Waals surface area contributed by atoms with Crippen LogP contribution in [0.2, 0.25) is 0 Å². The van der Waals surface area contributed by atoms with Gasteiger partial charge in [-0.2, -0.15) is 24.5 Å². The zero-order chi connectivity index (χ0) is 20.6. The molecule has 164 valence electrons. The number of nitrogens with zero attached hydrogens (tertiary/aromatic N) is 3. The van der Waals surface area contributed by atoms with Crippen molar-refractivity contribution >= 4 is 52.6 Å². The minimum Gasteiger partial charge on any atom is -0.357 e. The number of rotatable bonds is 9. The molecule has 5 nitrogen and oxygen atoms in total. The molecule has 0 amide bonds. The number of halogens is 4. The number of thiophene rings is 1. The zero-order valence-electron chi connectivity index (χ0n) is 16.6. The maximum Gasteiger partial charge on any atom is 0.434 e. The molecule has 2 aromatic heterocycles. The van der Waals surface area contributed by atoms with Gasteiger partial charge in [0.2, 0.25) is 0 Å². The van der Waals surface area contributed by atoms with Crippen LogP contribution in [0.25, 0.3) is 0 Å². The Bertz CT molecular complexity index is 730. The van der Waals surface area contributed by atoms with Crippen molar-refractivity contribution in [3.63, 3.8) is 0 Å². The second kappa shape index (κ2) is 12.7. The summed E-state index contributed by atoms with van der Waals surface area (Å²) in [5, 5.41) is 12.0. The van der Waals surface area contributed by atoms with Crippen molar-refractivity contribution in [3.8, 4) is 0 Å². The molecular weight excluding hydrogens is 534 g/mol. The smallest absolute Gasteiger partial charge is 0.357 e. The molecule has 0 spiro atoms. The van der Waals surface area contributed by atoms with E-state index in [0.29, 0.717) is 24.1 Å². The van der Waals surface area contributed by atoms with Gasteiger partial charge in [-0.05, 0) is 42.4 Å². The van der Waals surface area contributed by atoms with E-state index < -0.39 is 11.9 Å². The normalized spacial score (nSPS) is 13.3. The van der Waals surface area contributed by atoms with E-state index in [2.05, 4.69) is 56.2 Å². The van der Waals surface area contributed by atoms with Crippen LogP contribution in [0.5, 0.6) is 0 Å². The van der Waals surface area contributed by atoms with Gasteiger partial charge in [0.15, 0.2) is 11.7 Å². The van der Waals surface area contributed by atoms with E-state index in [1.54, 1.807) is 11.3 Å². The summed E-state index contributed by atoms with van der Waals surface area (Å²) in [6.07, 6.45) is -4.42. The van der Waals surface area contributed by atoms with Crippen LogP contribution in [0.4, 0.5) is 13.2 Å². The molecule has 0 radical (unpaired) electrons. The third-order valence-electron chi connectivity index (χ3n) is 4.20. The highest BCUT2D eigenvalue weighted by Gasteiger charge is 2.33. The van der Waals surface area contributed by atoms with Crippen molar-refractivity contribution in [3.05, 3.63) is 38.5 Å². The number of likely N-dealkylation sites (N-methyl/N-ethyl adjacent to an activating group) is 1. The number of aliphatic imine (C=N–C) groups is 1. The van der Waals surface area contributed by atoms with Gasteiger partial charge in [0.1, 0.15) is 5.01 Å². The summed E-state index contributed by atoms with van der Waals surface area (Å²) in [5.41, 5.74) is 0.381. The largest absolute Gasteiger partial charge is 0.434 e. The second-order valence-electron chi connectivity index (χ2n) is 5.99. The van der Waals surface area contributed by atoms with Crippen molar-refractivity contribution in [2.45, 2.75) is 39.5 Å². The molecule has 2 aromatic rings. The van der Waals surface area contributed by atoms with Crippen LogP contribution in [-0.2, 0) is 12.7 Å². The van der Waals surface area contributed by atoms with Crippen LogP contribution in [0.15, 0.2) is 27.2 Å². The molecule has 0 aliphatic heterocycles. The number of guanidine groups is 1. The molecule has 29 heavy (non-hydrogen) atoms. The van der Waals surface area contributed by atoms with Crippen LogP contribution in [0.3, 0.4) is 0 Å². The lowest BCUT2D eigenvalue weighted by molar-refractivity contribution is -0.140. The predicted molar refractivity (Wildman–Crippen MR) is 125 cm³/mol.